The van der Waals surface area contributed by atoms with Crippen molar-refractivity contribution in [2.45, 2.75) is 89.9 Å². The summed E-state index contributed by atoms with van der Waals surface area (Å²) in [7, 11) is 0. The van der Waals surface area contributed by atoms with Gasteiger partial charge in [0.2, 0.25) is 0 Å². The molecule has 0 bridgehead atoms. The van der Waals surface area contributed by atoms with Crippen LogP contribution in [0.5, 0.6) is 0 Å². The summed E-state index contributed by atoms with van der Waals surface area (Å²) in [6.45, 7) is 8.88. The summed E-state index contributed by atoms with van der Waals surface area (Å²) in [6.07, 6.45) is 16.9. The summed E-state index contributed by atoms with van der Waals surface area (Å²) in [6, 6.07) is 0. The van der Waals surface area contributed by atoms with Crippen molar-refractivity contribution in [3.8, 4) is 0 Å². The highest BCUT2D eigenvalue weighted by molar-refractivity contribution is 5.38. The van der Waals surface area contributed by atoms with Crippen LogP contribution in [0.3, 0.4) is 0 Å². The Morgan fingerprint density at radius 3 is 2.60 bits per heavy atom. The van der Waals surface area contributed by atoms with E-state index in [9.17, 15) is 15.3 Å². The van der Waals surface area contributed by atoms with E-state index in [0.717, 1.165) is 17.6 Å². The molecule has 0 aromatic carbocycles. The molecular formula is C27H40O3. The third-order valence-corrected chi connectivity index (χ3v) is 8.65. The Bertz CT molecular complexity index is 743. The van der Waals surface area contributed by atoms with Crippen LogP contribution >= 0.6 is 0 Å². The van der Waals surface area contributed by atoms with Crippen molar-refractivity contribution >= 4 is 0 Å². The van der Waals surface area contributed by atoms with Crippen LogP contribution in [0.15, 0.2) is 47.6 Å². The SMILES string of the molecule is C=C1/C(=C\C=C2/CCC[C@]3(C)[C@@H](C(C)/C=C/C(O)C4CC4)CC[C@@H]23)C[C@@H](O)C[C@@H]1O. The predicted molar refractivity (Wildman–Crippen MR) is 122 cm³/mol. The molecule has 7 atom stereocenters. The first-order valence-electron chi connectivity index (χ1n) is 12.1. The van der Waals surface area contributed by atoms with Crippen molar-refractivity contribution in [2.24, 2.45) is 29.1 Å². The summed E-state index contributed by atoms with van der Waals surface area (Å²) >= 11 is 0. The normalized spacial score (nSPS) is 42.1. The van der Waals surface area contributed by atoms with Crippen LogP contribution in [-0.2, 0) is 0 Å². The molecule has 30 heavy (non-hydrogen) atoms. The maximum Gasteiger partial charge on any atom is 0.0811 e. The van der Waals surface area contributed by atoms with Gasteiger partial charge in [0.15, 0.2) is 0 Å². The van der Waals surface area contributed by atoms with Gasteiger partial charge >= 0.3 is 0 Å². The minimum atomic E-state index is -0.621. The molecule has 4 aliphatic carbocycles. The highest BCUT2D eigenvalue weighted by Gasteiger charge is 2.50. The van der Waals surface area contributed by atoms with Crippen molar-refractivity contribution in [1.82, 2.24) is 0 Å². The van der Waals surface area contributed by atoms with E-state index in [4.69, 9.17) is 0 Å². The summed E-state index contributed by atoms with van der Waals surface area (Å²) in [4.78, 5) is 0. The lowest BCUT2D eigenvalue weighted by molar-refractivity contribution is 0.0862. The lowest BCUT2D eigenvalue weighted by Crippen LogP contribution is -2.35. The summed E-state index contributed by atoms with van der Waals surface area (Å²) in [5.41, 5.74) is 3.63. The van der Waals surface area contributed by atoms with Gasteiger partial charge in [-0.2, -0.15) is 0 Å². The number of fused-ring (bicyclic) bond motifs is 1. The van der Waals surface area contributed by atoms with Gasteiger partial charge in [0, 0.05) is 6.42 Å². The lowest BCUT2D eigenvalue weighted by Gasteiger charge is -2.44. The Morgan fingerprint density at radius 2 is 1.87 bits per heavy atom. The van der Waals surface area contributed by atoms with Gasteiger partial charge in [-0.05, 0) is 91.6 Å². The fourth-order valence-electron chi connectivity index (χ4n) is 6.63. The zero-order valence-corrected chi connectivity index (χ0v) is 18.8. The van der Waals surface area contributed by atoms with Crippen molar-refractivity contribution in [3.05, 3.63) is 47.6 Å². The van der Waals surface area contributed by atoms with E-state index in [0.29, 0.717) is 41.9 Å². The third kappa shape index (κ3) is 4.40. The molecule has 0 saturated heterocycles. The number of aliphatic hydroxyl groups is 3. The first-order chi connectivity index (χ1) is 14.3. The van der Waals surface area contributed by atoms with E-state index in [1.165, 1.54) is 44.1 Å². The van der Waals surface area contributed by atoms with Crippen molar-refractivity contribution < 1.29 is 15.3 Å². The maximum atomic E-state index is 10.2. The van der Waals surface area contributed by atoms with Crippen molar-refractivity contribution in [2.75, 3.05) is 0 Å². The average Bonchev–Trinajstić information content (AvgIpc) is 3.49. The number of aliphatic hydroxyl groups excluding tert-OH is 3. The lowest BCUT2D eigenvalue weighted by atomic mass is 9.61. The second-order valence-corrected chi connectivity index (χ2v) is 10.7. The molecule has 4 rings (SSSR count). The van der Waals surface area contributed by atoms with Crippen molar-refractivity contribution in [3.63, 3.8) is 0 Å². The Hall–Kier alpha value is -1.16. The molecule has 0 amide bonds. The summed E-state index contributed by atoms with van der Waals surface area (Å²) in [5.74, 6) is 2.28. The molecule has 0 radical (unpaired) electrons. The third-order valence-electron chi connectivity index (χ3n) is 8.65. The van der Waals surface area contributed by atoms with Gasteiger partial charge in [-0.1, -0.05) is 50.3 Å². The molecule has 0 aromatic heterocycles. The van der Waals surface area contributed by atoms with E-state index in [2.05, 4.69) is 44.7 Å². The Morgan fingerprint density at radius 1 is 1.10 bits per heavy atom. The van der Waals surface area contributed by atoms with Crippen molar-refractivity contribution in [1.29, 1.82) is 0 Å². The molecular weight excluding hydrogens is 372 g/mol. The zero-order chi connectivity index (χ0) is 21.5. The topological polar surface area (TPSA) is 60.7 Å². The maximum absolute atomic E-state index is 10.2. The summed E-state index contributed by atoms with van der Waals surface area (Å²) < 4.78 is 0. The number of rotatable bonds is 5. The largest absolute Gasteiger partial charge is 0.393 e. The molecule has 3 nitrogen and oxygen atoms in total. The molecule has 2 unspecified atom stereocenters. The smallest absolute Gasteiger partial charge is 0.0811 e. The Kier molecular flexibility index (Phi) is 6.44. The molecule has 4 aliphatic rings. The monoisotopic (exact) mass is 412 g/mol. The molecule has 0 aliphatic heterocycles. The number of allylic oxidation sites excluding steroid dienone is 4. The first-order valence-corrected chi connectivity index (χ1v) is 12.1. The van der Waals surface area contributed by atoms with E-state index >= 15 is 0 Å². The second kappa shape index (κ2) is 8.76. The first kappa shape index (κ1) is 22.0. The summed E-state index contributed by atoms with van der Waals surface area (Å²) in [5, 5.41) is 30.4. The standard InChI is InChI=1S/C27H40O3/c1-17(6-13-25(29)20-8-9-20)23-11-12-24-19(5-4-14-27(23,24)3)7-10-21-15-22(28)16-26(30)18(21)2/h6-7,10,13,17,20,22-26,28-30H,2,4-5,8-9,11-12,14-16H2,1,3H3/b13-6+,19-7+,21-10-/t17?,22-,23-,24+,25?,26+,27-/m1/s1. The van der Waals surface area contributed by atoms with Crippen LogP contribution in [0, 0.1) is 29.1 Å². The predicted octanol–water partition coefficient (Wildman–Crippen LogP) is 5.09. The molecule has 4 saturated carbocycles. The van der Waals surface area contributed by atoms with Gasteiger partial charge in [0.1, 0.15) is 0 Å². The fraction of sp³-hybridized carbons (Fsp3) is 0.704. The molecule has 4 fully saturated rings. The zero-order valence-electron chi connectivity index (χ0n) is 18.8. The van der Waals surface area contributed by atoms with Crippen LogP contribution in [-0.4, -0.2) is 33.6 Å². The molecule has 3 N–H and O–H groups in total. The molecule has 0 spiro atoms. The minimum absolute atomic E-state index is 0.250. The van der Waals surface area contributed by atoms with Gasteiger partial charge in [0.25, 0.3) is 0 Å². The quantitative estimate of drug-likeness (QED) is 0.551. The Balaban J connectivity index is 1.48. The molecule has 0 aromatic rings. The van der Waals surface area contributed by atoms with E-state index in [-0.39, 0.29) is 6.10 Å². The second-order valence-electron chi connectivity index (χ2n) is 10.7. The van der Waals surface area contributed by atoms with Gasteiger partial charge in [-0.25, -0.2) is 0 Å². The van der Waals surface area contributed by atoms with E-state index < -0.39 is 12.2 Å². The van der Waals surface area contributed by atoms with Crippen LogP contribution in [0.4, 0.5) is 0 Å². The fourth-order valence-corrected chi connectivity index (χ4v) is 6.63. The molecule has 0 heterocycles. The van der Waals surface area contributed by atoms with Crippen LogP contribution in [0.2, 0.25) is 0 Å². The Labute approximate surface area is 182 Å². The van der Waals surface area contributed by atoms with Gasteiger partial charge in [-0.15, -0.1) is 0 Å². The number of hydrogen-bond acceptors (Lipinski definition) is 3. The van der Waals surface area contributed by atoms with E-state index in [1.54, 1.807) is 0 Å². The minimum Gasteiger partial charge on any atom is -0.393 e. The number of hydrogen-bond donors (Lipinski definition) is 3. The molecule has 3 heteroatoms. The highest BCUT2D eigenvalue weighted by Crippen LogP contribution is 2.59. The van der Waals surface area contributed by atoms with Crippen LogP contribution in [0.25, 0.3) is 0 Å². The average molecular weight is 413 g/mol. The van der Waals surface area contributed by atoms with Crippen LogP contribution in [0.1, 0.15) is 71.6 Å². The van der Waals surface area contributed by atoms with Gasteiger partial charge in [-0.3, -0.25) is 0 Å². The molecule has 166 valence electrons. The van der Waals surface area contributed by atoms with Crippen LogP contribution < -0.4 is 0 Å². The van der Waals surface area contributed by atoms with Gasteiger partial charge in [0.05, 0.1) is 18.3 Å². The van der Waals surface area contributed by atoms with Gasteiger partial charge < -0.3 is 15.3 Å². The van der Waals surface area contributed by atoms with E-state index in [1.807, 2.05) is 0 Å². The highest BCUT2D eigenvalue weighted by atomic mass is 16.3.